The largest absolute Gasteiger partial charge is 0.377 e. The molecule has 0 aromatic heterocycles. The maximum Gasteiger partial charge on any atom is 0.130 e. The number of piperidine rings is 1. The third-order valence-electron chi connectivity index (χ3n) is 3.27. The van der Waals surface area contributed by atoms with Gasteiger partial charge in [0.25, 0.3) is 0 Å². The number of aliphatic hydroxyl groups is 1. The van der Waals surface area contributed by atoms with Crippen LogP contribution in [-0.4, -0.2) is 34.2 Å². The van der Waals surface area contributed by atoms with Gasteiger partial charge in [-0.2, -0.15) is 0 Å². The van der Waals surface area contributed by atoms with Gasteiger partial charge in [0, 0.05) is 31.0 Å². The van der Waals surface area contributed by atoms with Crippen LogP contribution in [0.15, 0.2) is 0 Å². The maximum absolute atomic E-state index is 10.1. The quantitative estimate of drug-likeness (QED) is 0.592. The summed E-state index contributed by atoms with van der Waals surface area (Å²) < 4.78 is 0. The van der Waals surface area contributed by atoms with Crippen LogP contribution in [0.5, 0.6) is 0 Å². The van der Waals surface area contributed by atoms with E-state index in [1.165, 1.54) is 0 Å². The van der Waals surface area contributed by atoms with Gasteiger partial charge >= 0.3 is 0 Å². The Morgan fingerprint density at radius 3 is 2.43 bits per heavy atom. The zero-order valence-electron chi connectivity index (χ0n) is 9.67. The molecule has 0 aliphatic carbocycles. The van der Waals surface area contributed by atoms with Crippen molar-refractivity contribution >= 4 is 0 Å². The van der Waals surface area contributed by atoms with E-state index in [0.717, 1.165) is 13.1 Å². The van der Waals surface area contributed by atoms with Crippen molar-refractivity contribution in [1.82, 2.24) is 4.90 Å². The van der Waals surface area contributed by atoms with Crippen LogP contribution in [0, 0.1) is 18.3 Å². The van der Waals surface area contributed by atoms with E-state index in [1.54, 1.807) is 0 Å². The summed E-state index contributed by atoms with van der Waals surface area (Å²) in [7, 11) is 0. The molecule has 1 rings (SSSR count). The van der Waals surface area contributed by atoms with Crippen LogP contribution in [0.25, 0.3) is 0 Å². The Labute approximate surface area is 87.3 Å². The normalized spacial score (nSPS) is 35.3. The van der Waals surface area contributed by atoms with Gasteiger partial charge in [0.15, 0.2) is 0 Å². The van der Waals surface area contributed by atoms with Crippen molar-refractivity contribution in [3.05, 3.63) is 0 Å². The van der Waals surface area contributed by atoms with E-state index in [4.69, 9.17) is 6.42 Å². The molecular weight excluding hydrogens is 174 g/mol. The number of nitrogens with zero attached hydrogens (tertiary/aromatic N) is 1. The highest BCUT2D eigenvalue weighted by Crippen LogP contribution is 2.30. The molecule has 14 heavy (non-hydrogen) atoms. The first-order chi connectivity index (χ1) is 6.29. The van der Waals surface area contributed by atoms with Gasteiger partial charge in [-0.3, -0.25) is 4.90 Å². The topological polar surface area (TPSA) is 23.5 Å². The molecule has 0 bridgehead atoms. The van der Waals surface area contributed by atoms with E-state index in [-0.39, 0.29) is 11.5 Å². The highest BCUT2D eigenvalue weighted by atomic mass is 16.3. The molecular formula is C12H21NO. The molecule has 0 aromatic rings. The highest BCUT2D eigenvalue weighted by Gasteiger charge is 2.39. The summed E-state index contributed by atoms with van der Waals surface area (Å²) in [6.07, 6.45) is 6.05. The number of likely N-dealkylation sites (tertiary alicyclic amines) is 1. The molecule has 0 spiro atoms. The molecule has 2 heteroatoms. The third-order valence-corrected chi connectivity index (χ3v) is 3.27. The smallest absolute Gasteiger partial charge is 0.130 e. The number of hydrogen-bond donors (Lipinski definition) is 1. The lowest BCUT2D eigenvalue weighted by Gasteiger charge is -2.46. The number of terminal acetylenes is 1. The Kier molecular flexibility index (Phi) is 2.94. The van der Waals surface area contributed by atoms with E-state index in [9.17, 15) is 5.11 Å². The van der Waals surface area contributed by atoms with Crippen molar-refractivity contribution in [2.75, 3.05) is 13.1 Å². The Hall–Kier alpha value is -0.520. The zero-order valence-corrected chi connectivity index (χ0v) is 9.67. The lowest BCUT2D eigenvalue weighted by atomic mass is 9.81. The predicted octanol–water partition coefficient (Wildman–Crippen LogP) is 1.49. The van der Waals surface area contributed by atoms with Crippen LogP contribution in [0.1, 0.15) is 34.1 Å². The van der Waals surface area contributed by atoms with Crippen LogP contribution >= 0.6 is 0 Å². The Morgan fingerprint density at radius 1 is 1.50 bits per heavy atom. The Balaban J connectivity index is 2.70. The van der Waals surface area contributed by atoms with Crippen LogP contribution in [-0.2, 0) is 0 Å². The van der Waals surface area contributed by atoms with Crippen molar-refractivity contribution in [3.63, 3.8) is 0 Å². The molecule has 0 unspecified atom stereocenters. The summed E-state index contributed by atoms with van der Waals surface area (Å²) in [5.74, 6) is 2.68. The minimum Gasteiger partial charge on any atom is -0.377 e. The van der Waals surface area contributed by atoms with E-state index < -0.39 is 5.60 Å². The summed E-state index contributed by atoms with van der Waals surface area (Å²) in [6.45, 7) is 10.4. The summed E-state index contributed by atoms with van der Waals surface area (Å²) in [6, 6.07) is 0. The summed E-state index contributed by atoms with van der Waals surface area (Å²) in [5, 5.41) is 10.1. The molecule has 0 saturated carbocycles. The van der Waals surface area contributed by atoms with Gasteiger partial charge < -0.3 is 5.11 Å². The number of hydrogen-bond acceptors (Lipinski definition) is 2. The molecule has 2 nitrogen and oxygen atoms in total. The minimum atomic E-state index is -0.887. The lowest BCUT2D eigenvalue weighted by molar-refractivity contribution is -0.0441. The Bertz CT molecular complexity index is 248. The van der Waals surface area contributed by atoms with Crippen LogP contribution in [0.2, 0.25) is 0 Å². The van der Waals surface area contributed by atoms with Crippen molar-refractivity contribution in [1.29, 1.82) is 0 Å². The molecule has 1 fully saturated rings. The molecule has 1 N–H and O–H groups in total. The fraction of sp³-hybridized carbons (Fsp3) is 0.833. The maximum atomic E-state index is 10.1. The summed E-state index contributed by atoms with van der Waals surface area (Å²) in [4.78, 5) is 2.38. The number of rotatable bonds is 0. The molecule has 80 valence electrons. The minimum absolute atomic E-state index is 0.153. The SMILES string of the molecule is C#C[C@@]1(O)CCN(C(C)(C)C)C[C@H]1C. The predicted molar refractivity (Wildman–Crippen MR) is 58.9 cm³/mol. The summed E-state index contributed by atoms with van der Waals surface area (Å²) in [5.41, 5.74) is -0.716. The Morgan fingerprint density at radius 2 is 2.07 bits per heavy atom. The molecule has 1 aliphatic heterocycles. The first-order valence-corrected chi connectivity index (χ1v) is 5.25. The molecule has 1 heterocycles. The first kappa shape index (κ1) is 11.6. The van der Waals surface area contributed by atoms with Crippen LogP contribution in [0.3, 0.4) is 0 Å². The van der Waals surface area contributed by atoms with Gasteiger partial charge in [-0.15, -0.1) is 6.42 Å². The van der Waals surface area contributed by atoms with Gasteiger partial charge in [0.05, 0.1) is 0 Å². The monoisotopic (exact) mass is 195 g/mol. The molecule has 0 aromatic carbocycles. The second-order valence-corrected chi connectivity index (χ2v) is 5.34. The van der Waals surface area contributed by atoms with Crippen molar-refractivity contribution in [3.8, 4) is 12.3 Å². The summed E-state index contributed by atoms with van der Waals surface area (Å²) >= 11 is 0. The van der Waals surface area contributed by atoms with E-state index in [1.807, 2.05) is 6.92 Å². The molecule has 1 saturated heterocycles. The highest BCUT2D eigenvalue weighted by molar-refractivity contribution is 5.12. The fourth-order valence-electron chi connectivity index (χ4n) is 1.95. The van der Waals surface area contributed by atoms with Gasteiger partial charge in [-0.05, 0) is 20.8 Å². The standard InChI is InChI=1S/C12H21NO/c1-6-12(14)7-8-13(9-10(12)2)11(3,4)5/h1,10,14H,7-9H2,2-5H3/t10-,12-/m1/s1. The van der Waals surface area contributed by atoms with Crippen molar-refractivity contribution < 1.29 is 5.11 Å². The molecule has 0 amide bonds. The third kappa shape index (κ3) is 2.10. The second kappa shape index (κ2) is 3.56. The molecule has 2 atom stereocenters. The van der Waals surface area contributed by atoms with Crippen LogP contribution < -0.4 is 0 Å². The molecule has 1 aliphatic rings. The van der Waals surface area contributed by atoms with E-state index in [2.05, 4.69) is 31.6 Å². The molecule has 0 radical (unpaired) electrons. The van der Waals surface area contributed by atoms with E-state index in [0.29, 0.717) is 6.42 Å². The van der Waals surface area contributed by atoms with Crippen molar-refractivity contribution in [2.24, 2.45) is 5.92 Å². The first-order valence-electron chi connectivity index (χ1n) is 5.25. The second-order valence-electron chi connectivity index (χ2n) is 5.34. The average Bonchev–Trinajstić information content (AvgIpc) is 2.08. The van der Waals surface area contributed by atoms with E-state index >= 15 is 0 Å². The lowest BCUT2D eigenvalue weighted by Crippen LogP contribution is -2.55. The van der Waals surface area contributed by atoms with Crippen LogP contribution in [0.4, 0.5) is 0 Å². The van der Waals surface area contributed by atoms with Gasteiger partial charge in [0.1, 0.15) is 5.60 Å². The van der Waals surface area contributed by atoms with Gasteiger partial charge in [-0.25, -0.2) is 0 Å². The van der Waals surface area contributed by atoms with Crippen molar-refractivity contribution in [2.45, 2.75) is 45.3 Å². The van der Waals surface area contributed by atoms with Gasteiger partial charge in [0.2, 0.25) is 0 Å². The van der Waals surface area contributed by atoms with Gasteiger partial charge in [-0.1, -0.05) is 12.8 Å². The zero-order chi connectivity index (χ0) is 11.0. The average molecular weight is 195 g/mol. The fourth-order valence-corrected chi connectivity index (χ4v) is 1.95.